The molecule has 0 aliphatic heterocycles. The van der Waals surface area contributed by atoms with E-state index in [1.165, 1.54) is 11.3 Å². The second-order valence-electron chi connectivity index (χ2n) is 4.52. The van der Waals surface area contributed by atoms with E-state index in [4.69, 9.17) is 4.42 Å². The summed E-state index contributed by atoms with van der Waals surface area (Å²) in [4.78, 5) is 4.54. The Labute approximate surface area is 126 Å². The maximum atomic E-state index is 9.33. The van der Waals surface area contributed by atoms with E-state index in [-0.39, 0.29) is 0 Å². The molecule has 3 aromatic rings. The highest BCUT2D eigenvalue weighted by molar-refractivity contribution is 7.11. The van der Waals surface area contributed by atoms with Crippen LogP contribution < -0.4 is 0 Å². The molecule has 0 saturated heterocycles. The van der Waals surface area contributed by atoms with Gasteiger partial charge in [-0.1, -0.05) is 30.3 Å². The normalized spacial score (nSPS) is 11.3. The van der Waals surface area contributed by atoms with Gasteiger partial charge < -0.3 is 4.42 Å². The van der Waals surface area contributed by atoms with Crippen LogP contribution in [0.5, 0.6) is 0 Å². The second kappa shape index (κ2) is 5.78. The Hall–Kier alpha value is -2.64. The lowest BCUT2D eigenvalue weighted by Crippen LogP contribution is -1.82. The van der Waals surface area contributed by atoms with Gasteiger partial charge in [0.1, 0.15) is 22.6 Å². The Morgan fingerprint density at radius 2 is 2.05 bits per heavy atom. The number of allylic oxidation sites excluding steroid dienone is 1. The van der Waals surface area contributed by atoms with Gasteiger partial charge in [0.2, 0.25) is 0 Å². The second-order valence-corrected chi connectivity index (χ2v) is 5.38. The van der Waals surface area contributed by atoms with Gasteiger partial charge >= 0.3 is 0 Å². The number of nitriles is 1. The van der Waals surface area contributed by atoms with Gasteiger partial charge in [0.05, 0.1) is 11.3 Å². The number of aryl methyl sites for hydroxylation is 1. The lowest BCUT2D eigenvalue weighted by atomic mass is 10.2. The molecule has 0 atom stereocenters. The summed E-state index contributed by atoms with van der Waals surface area (Å²) < 4.78 is 5.48. The molecule has 4 heteroatoms. The molecule has 3 rings (SSSR count). The van der Waals surface area contributed by atoms with Crippen molar-refractivity contribution in [2.24, 2.45) is 0 Å². The highest BCUT2D eigenvalue weighted by atomic mass is 32.1. The van der Waals surface area contributed by atoms with Gasteiger partial charge in [-0.05, 0) is 19.1 Å². The summed E-state index contributed by atoms with van der Waals surface area (Å²) in [6.07, 6.45) is 1.72. The van der Waals surface area contributed by atoms with Crippen LogP contribution in [0.4, 0.5) is 0 Å². The molecule has 0 unspecified atom stereocenters. The molecule has 0 amide bonds. The van der Waals surface area contributed by atoms with Gasteiger partial charge in [-0.2, -0.15) is 5.26 Å². The van der Waals surface area contributed by atoms with Crippen molar-refractivity contribution in [3.05, 3.63) is 64.4 Å². The summed E-state index contributed by atoms with van der Waals surface area (Å²) in [5.74, 6) is 1.49. The first-order chi connectivity index (χ1) is 10.3. The molecule has 3 nitrogen and oxygen atoms in total. The van der Waals surface area contributed by atoms with Gasteiger partial charge in [-0.25, -0.2) is 4.98 Å². The summed E-state index contributed by atoms with van der Waals surface area (Å²) in [5, 5.41) is 12.0. The zero-order chi connectivity index (χ0) is 14.7. The first-order valence-corrected chi connectivity index (χ1v) is 7.34. The smallest absolute Gasteiger partial charge is 0.134 e. The minimum atomic E-state index is 0.511. The first-order valence-electron chi connectivity index (χ1n) is 6.46. The van der Waals surface area contributed by atoms with E-state index in [0.29, 0.717) is 16.3 Å². The number of hydrogen-bond acceptors (Lipinski definition) is 4. The molecule has 2 aromatic heterocycles. The van der Waals surface area contributed by atoms with E-state index in [2.05, 4.69) is 11.1 Å². The number of furan rings is 1. The SMILES string of the molecule is Cc1ccc(/C=C(\C#N)c2nc(-c3ccccc3)cs2)o1. The minimum absolute atomic E-state index is 0.511. The van der Waals surface area contributed by atoms with Gasteiger partial charge in [0.15, 0.2) is 0 Å². The maximum absolute atomic E-state index is 9.33. The predicted octanol–water partition coefficient (Wildman–Crippen LogP) is 4.78. The van der Waals surface area contributed by atoms with E-state index in [1.54, 1.807) is 6.08 Å². The van der Waals surface area contributed by atoms with E-state index in [1.807, 2.05) is 54.8 Å². The topological polar surface area (TPSA) is 49.8 Å². The molecule has 0 aliphatic carbocycles. The van der Waals surface area contributed by atoms with Gasteiger partial charge in [0.25, 0.3) is 0 Å². The molecule has 0 N–H and O–H groups in total. The molecule has 0 saturated carbocycles. The lowest BCUT2D eigenvalue weighted by molar-refractivity contribution is 0.525. The Morgan fingerprint density at radius 3 is 2.71 bits per heavy atom. The predicted molar refractivity (Wildman–Crippen MR) is 84.5 cm³/mol. The van der Waals surface area contributed by atoms with Crippen molar-refractivity contribution in [1.82, 2.24) is 4.98 Å². The van der Waals surface area contributed by atoms with Crippen LogP contribution in [0, 0.1) is 18.3 Å². The third-order valence-corrected chi connectivity index (χ3v) is 3.85. The summed E-state index contributed by atoms with van der Waals surface area (Å²) in [6, 6.07) is 15.8. The molecule has 0 bridgehead atoms. The van der Waals surface area contributed by atoms with Crippen molar-refractivity contribution in [3.8, 4) is 17.3 Å². The van der Waals surface area contributed by atoms with Crippen LogP contribution in [-0.2, 0) is 0 Å². The summed E-state index contributed by atoms with van der Waals surface area (Å²) in [6.45, 7) is 1.88. The number of hydrogen-bond donors (Lipinski definition) is 0. The van der Waals surface area contributed by atoms with Crippen molar-refractivity contribution >= 4 is 23.0 Å². The zero-order valence-corrected chi connectivity index (χ0v) is 12.2. The van der Waals surface area contributed by atoms with Crippen LogP contribution in [-0.4, -0.2) is 4.98 Å². The molecule has 0 spiro atoms. The Balaban J connectivity index is 1.95. The van der Waals surface area contributed by atoms with E-state index >= 15 is 0 Å². The van der Waals surface area contributed by atoms with Gasteiger partial charge in [-0.15, -0.1) is 11.3 Å². The molecule has 0 aliphatic rings. The number of rotatable bonds is 3. The maximum Gasteiger partial charge on any atom is 0.134 e. The van der Waals surface area contributed by atoms with Gasteiger partial charge in [-0.3, -0.25) is 0 Å². The van der Waals surface area contributed by atoms with Crippen molar-refractivity contribution in [1.29, 1.82) is 5.26 Å². The fourth-order valence-electron chi connectivity index (χ4n) is 1.95. The molecule has 1 aromatic carbocycles. The van der Waals surface area contributed by atoms with Crippen molar-refractivity contribution < 1.29 is 4.42 Å². The van der Waals surface area contributed by atoms with E-state index in [9.17, 15) is 5.26 Å². The average Bonchev–Trinajstić information content (AvgIpc) is 3.15. The van der Waals surface area contributed by atoms with Crippen LogP contribution in [0.2, 0.25) is 0 Å². The number of nitrogens with zero attached hydrogens (tertiary/aromatic N) is 2. The van der Waals surface area contributed by atoms with Crippen LogP contribution >= 0.6 is 11.3 Å². The zero-order valence-electron chi connectivity index (χ0n) is 11.4. The third-order valence-electron chi connectivity index (χ3n) is 2.97. The van der Waals surface area contributed by atoms with Crippen molar-refractivity contribution in [2.45, 2.75) is 6.92 Å². The number of thiazole rings is 1. The summed E-state index contributed by atoms with van der Waals surface area (Å²) in [7, 11) is 0. The molecular weight excluding hydrogens is 280 g/mol. The van der Waals surface area contributed by atoms with E-state index < -0.39 is 0 Å². The van der Waals surface area contributed by atoms with E-state index in [0.717, 1.165) is 17.0 Å². The van der Waals surface area contributed by atoms with Gasteiger partial charge in [0, 0.05) is 17.0 Å². The third kappa shape index (κ3) is 2.93. The standard InChI is InChI=1S/C17H12N2OS/c1-12-7-8-15(20-12)9-14(10-18)17-19-16(11-21-17)13-5-3-2-4-6-13/h2-9,11H,1H3/b14-9+. The summed E-state index contributed by atoms with van der Waals surface area (Å²) in [5.41, 5.74) is 2.44. The molecular formula is C17H12N2OS. The van der Waals surface area contributed by atoms with Crippen LogP contribution in [0.3, 0.4) is 0 Å². The molecule has 0 radical (unpaired) electrons. The van der Waals surface area contributed by atoms with Crippen molar-refractivity contribution in [3.63, 3.8) is 0 Å². The number of aromatic nitrogens is 1. The van der Waals surface area contributed by atoms with Crippen LogP contribution in [0.1, 0.15) is 16.5 Å². The molecule has 21 heavy (non-hydrogen) atoms. The lowest BCUT2D eigenvalue weighted by Gasteiger charge is -1.94. The fourth-order valence-corrected chi connectivity index (χ4v) is 2.75. The molecule has 0 fully saturated rings. The highest BCUT2D eigenvalue weighted by Crippen LogP contribution is 2.27. The molecule has 102 valence electrons. The average molecular weight is 292 g/mol. The fraction of sp³-hybridized carbons (Fsp3) is 0.0588. The quantitative estimate of drug-likeness (QED) is 0.653. The minimum Gasteiger partial charge on any atom is -0.462 e. The molecule has 2 heterocycles. The monoisotopic (exact) mass is 292 g/mol. The Morgan fingerprint density at radius 1 is 1.24 bits per heavy atom. The summed E-state index contributed by atoms with van der Waals surface area (Å²) >= 11 is 1.46. The van der Waals surface area contributed by atoms with Crippen LogP contribution in [0.15, 0.2) is 52.3 Å². The number of benzene rings is 1. The van der Waals surface area contributed by atoms with Crippen LogP contribution in [0.25, 0.3) is 22.9 Å². The first kappa shape index (κ1) is 13.3. The largest absolute Gasteiger partial charge is 0.462 e. The van der Waals surface area contributed by atoms with Crippen molar-refractivity contribution in [2.75, 3.05) is 0 Å². The highest BCUT2D eigenvalue weighted by Gasteiger charge is 2.09. The Bertz CT molecular complexity index is 822. The Kier molecular flexibility index (Phi) is 3.67.